The lowest BCUT2D eigenvalue weighted by atomic mass is 9.97. The van der Waals surface area contributed by atoms with Crippen molar-refractivity contribution in [1.29, 1.82) is 0 Å². The normalized spacial score (nSPS) is 26.4. The second-order valence-electron chi connectivity index (χ2n) is 5.89. The molecular weight excluding hydrogens is 238 g/mol. The van der Waals surface area contributed by atoms with Gasteiger partial charge in [-0.1, -0.05) is 6.42 Å². The van der Waals surface area contributed by atoms with Gasteiger partial charge < -0.3 is 5.73 Å². The minimum absolute atomic E-state index is 0.386. The molecule has 1 aliphatic rings. The van der Waals surface area contributed by atoms with Crippen LogP contribution in [0.1, 0.15) is 40.0 Å². The first-order chi connectivity index (χ1) is 7.73. The summed E-state index contributed by atoms with van der Waals surface area (Å²) in [6.07, 6.45) is 3.34. The molecule has 1 saturated carbocycles. The fraction of sp³-hybridized carbons (Fsp3) is 1.00. The van der Waals surface area contributed by atoms with Gasteiger partial charge in [0.1, 0.15) is 0 Å². The van der Waals surface area contributed by atoms with Crippen molar-refractivity contribution in [3.63, 3.8) is 0 Å². The topological polar surface area (TPSA) is 84.2 Å². The Balaban J connectivity index is 2.44. The zero-order chi connectivity index (χ0) is 13.1. The third-order valence-corrected chi connectivity index (χ3v) is 4.52. The highest BCUT2D eigenvalue weighted by Crippen LogP contribution is 2.30. The van der Waals surface area contributed by atoms with E-state index >= 15 is 0 Å². The van der Waals surface area contributed by atoms with Crippen molar-refractivity contribution >= 4 is 10.2 Å². The summed E-state index contributed by atoms with van der Waals surface area (Å²) in [5.74, 6) is 0.851. The van der Waals surface area contributed by atoms with Gasteiger partial charge in [-0.3, -0.25) is 0 Å². The van der Waals surface area contributed by atoms with Crippen LogP contribution in [0, 0.1) is 11.8 Å². The lowest BCUT2D eigenvalue weighted by molar-refractivity contribution is 0.389. The maximum atomic E-state index is 11.7. The monoisotopic (exact) mass is 263 g/mol. The van der Waals surface area contributed by atoms with Gasteiger partial charge in [-0.25, -0.2) is 4.72 Å². The van der Waals surface area contributed by atoms with Crippen molar-refractivity contribution < 1.29 is 8.42 Å². The highest BCUT2D eigenvalue weighted by Gasteiger charge is 2.28. The van der Waals surface area contributed by atoms with Gasteiger partial charge in [0, 0.05) is 12.1 Å². The average molecular weight is 263 g/mol. The number of hydrogen-bond donors (Lipinski definition) is 3. The fourth-order valence-corrected chi connectivity index (χ4v) is 3.66. The first-order valence-electron chi connectivity index (χ1n) is 6.22. The summed E-state index contributed by atoms with van der Waals surface area (Å²) >= 11 is 0. The Hall–Kier alpha value is -0.170. The third-order valence-electron chi connectivity index (χ3n) is 3.10. The molecule has 1 aliphatic carbocycles. The maximum absolute atomic E-state index is 11.7. The molecule has 6 heteroatoms. The molecule has 1 rings (SSSR count). The minimum Gasteiger partial charge on any atom is -0.330 e. The molecule has 0 spiro atoms. The van der Waals surface area contributed by atoms with Gasteiger partial charge in [0.25, 0.3) is 10.2 Å². The summed E-state index contributed by atoms with van der Waals surface area (Å²) in [5.41, 5.74) is 5.22. The number of hydrogen-bond acceptors (Lipinski definition) is 3. The summed E-state index contributed by atoms with van der Waals surface area (Å²) in [6.45, 7) is 6.62. The number of nitrogens with two attached hydrogens (primary N) is 1. The zero-order valence-corrected chi connectivity index (χ0v) is 11.8. The van der Waals surface area contributed by atoms with Crippen molar-refractivity contribution in [1.82, 2.24) is 9.44 Å². The van der Waals surface area contributed by atoms with Gasteiger partial charge in [-0.2, -0.15) is 13.1 Å². The molecule has 102 valence electrons. The number of rotatable bonds is 5. The van der Waals surface area contributed by atoms with Crippen LogP contribution in [0.25, 0.3) is 0 Å². The first-order valence-corrected chi connectivity index (χ1v) is 7.70. The van der Waals surface area contributed by atoms with E-state index in [1.807, 2.05) is 20.8 Å². The molecule has 0 aromatic heterocycles. The van der Waals surface area contributed by atoms with E-state index in [1.165, 1.54) is 0 Å². The standard InChI is InChI=1S/C11H25N3O2S/c1-11(2,3)14-17(15,16)13-8-10-6-4-5-9(10)7-12/h9-10,13-14H,4-8,12H2,1-3H3. The molecule has 5 nitrogen and oxygen atoms in total. The molecular formula is C11H25N3O2S. The predicted octanol–water partition coefficient (Wildman–Crippen LogP) is 0.584. The molecule has 2 atom stereocenters. The summed E-state index contributed by atoms with van der Waals surface area (Å²) < 4.78 is 28.7. The minimum atomic E-state index is -3.40. The molecule has 2 unspecified atom stereocenters. The van der Waals surface area contributed by atoms with Crippen LogP contribution in [-0.2, 0) is 10.2 Å². The van der Waals surface area contributed by atoms with Crippen molar-refractivity contribution in [2.24, 2.45) is 17.6 Å². The van der Waals surface area contributed by atoms with E-state index in [4.69, 9.17) is 5.73 Å². The van der Waals surface area contributed by atoms with E-state index in [2.05, 4.69) is 9.44 Å². The summed E-state index contributed by atoms with van der Waals surface area (Å²) in [7, 11) is -3.40. The Morgan fingerprint density at radius 3 is 2.35 bits per heavy atom. The second kappa shape index (κ2) is 5.65. The van der Waals surface area contributed by atoms with Crippen LogP contribution < -0.4 is 15.2 Å². The van der Waals surface area contributed by atoms with Crippen LogP contribution in [0.4, 0.5) is 0 Å². The predicted molar refractivity (Wildman–Crippen MR) is 69.7 cm³/mol. The highest BCUT2D eigenvalue weighted by molar-refractivity contribution is 7.87. The van der Waals surface area contributed by atoms with Crippen molar-refractivity contribution in [3.05, 3.63) is 0 Å². The Kier molecular flexibility index (Phi) is 4.95. The molecule has 0 heterocycles. The lowest BCUT2D eigenvalue weighted by Gasteiger charge is -2.23. The van der Waals surface area contributed by atoms with Gasteiger partial charge in [0.15, 0.2) is 0 Å². The SMILES string of the molecule is CC(C)(C)NS(=O)(=O)NCC1CCCC1CN. The van der Waals surface area contributed by atoms with Crippen LogP contribution >= 0.6 is 0 Å². The van der Waals surface area contributed by atoms with Gasteiger partial charge in [-0.05, 0) is 52.0 Å². The molecule has 4 N–H and O–H groups in total. The molecule has 17 heavy (non-hydrogen) atoms. The maximum Gasteiger partial charge on any atom is 0.277 e. The highest BCUT2D eigenvalue weighted by atomic mass is 32.2. The molecule has 0 aromatic carbocycles. The van der Waals surface area contributed by atoms with E-state index in [9.17, 15) is 8.42 Å². The molecule has 0 aliphatic heterocycles. The smallest absolute Gasteiger partial charge is 0.277 e. The molecule has 1 fully saturated rings. The van der Waals surface area contributed by atoms with Crippen LogP contribution in [0.5, 0.6) is 0 Å². The molecule has 0 aromatic rings. The van der Waals surface area contributed by atoms with Crippen molar-refractivity contribution in [3.8, 4) is 0 Å². The van der Waals surface area contributed by atoms with Crippen molar-refractivity contribution in [2.45, 2.75) is 45.6 Å². The van der Waals surface area contributed by atoms with E-state index in [-0.39, 0.29) is 0 Å². The Morgan fingerprint density at radius 2 is 1.82 bits per heavy atom. The van der Waals surface area contributed by atoms with E-state index in [1.54, 1.807) is 0 Å². The van der Waals surface area contributed by atoms with Crippen LogP contribution in [0.2, 0.25) is 0 Å². The molecule has 0 bridgehead atoms. The third kappa shape index (κ3) is 5.33. The van der Waals surface area contributed by atoms with Crippen LogP contribution in [0.3, 0.4) is 0 Å². The first kappa shape index (κ1) is 14.9. The zero-order valence-electron chi connectivity index (χ0n) is 11.0. The van der Waals surface area contributed by atoms with Crippen LogP contribution in [-0.4, -0.2) is 27.0 Å². The number of nitrogens with one attached hydrogen (secondary N) is 2. The van der Waals surface area contributed by atoms with E-state index in [0.717, 1.165) is 19.3 Å². The Labute approximate surface area is 105 Å². The second-order valence-corrected chi connectivity index (χ2v) is 7.39. The summed E-state index contributed by atoms with van der Waals surface area (Å²) in [4.78, 5) is 0. The largest absolute Gasteiger partial charge is 0.330 e. The van der Waals surface area contributed by atoms with Crippen molar-refractivity contribution in [2.75, 3.05) is 13.1 Å². The lowest BCUT2D eigenvalue weighted by Crippen LogP contribution is -2.48. The molecule has 0 radical (unpaired) electrons. The average Bonchev–Trinajstić information content (AvgIpc) is 2.58. The quantitative estimate of drug-likeness (QED) is 0.678. The molecule has 0 amide bonds. The molecule has 0 saturated heterocycles. The summed E-state index contributed by atoms with van der Waals surface area (Å²) in [5, 5.41) is 0. The van der Waals surface area contributed by atoms with Gasteiger partial charge >= 0.3 is 0 Å². The van der Waals surface area contributed by atoms with Crippen LogP contribution in [0.15, 0.2) is 0 Å². The Morgan fingerprint density at radius 1 is 1.24 bits per heavy atom. The van der Waals surface area contributed by atoms with Gasteiger partial charge in [0.2, 0.25) is 0 Å². The van der Waals surface area contributed by atoms with Gasteiger partial charge in [-0.15, -0.1) is 0 Å². The Bertz CT molecular complexity index is 335. The fourth-order valence-electron chi connectivity index (χ4n) is 2.35. The van der Waals surface area contributed by atoms with E-state index in [0.29, 0.717) is 24.9 Å². The van der Waals surface area contributed by atoms with E-state index < -0.39 is 15.7 Å². The summed E-state index contributed by atoms with van der Waals surface area (Å²) in [6, 6.07) is 0. The van der Waals surface area contributed by atoms with Gasteiger partial charge in [0.05, 0.1) is 0 Å².